The molecule has 4 aromatic rings. The van der Waals surface area contributed by atoms with E-state index in [1.165, 1.54) is 16.7 Å². The lowest BCUT2D eigenvalue weighted by Gasteiger charge is -2.38. The Morgan fingerprint density at radius 1 is 0.758 bits per heavy atom. The van der Waals surface area contributed by atoms with Gasteiger partial charge in [-0.25, -0.2) is 4.98 Å². The lowest BCUT2D eigenvalue weighted by atomic mass is 9.76. The van der Waals surface area contributed by atoms with Crippen molar-refractivity contribution in [1.29, 1.82) is 0 Å². The molecule has 4 nitrogen and oxygen atoms in total. The zero-order chi connectivity index (χ0) is 22.3. The number of hydrogen-bond donors (Lipinski definition) is 1. The highest BCUT2D eigenvalue weighted by Gasteiger charge is 2.39. The average Bonchev–Trinajstić information content (AvgIpc) is 3.36. The van der Waals surface area contributed by atoms with E-state index >= 15 is 0 Å². The van der Waals surface area contributed by atoms with E-state index in [9.17, 15) is 0 Å². The zero-order valence-corrected chi connectivity index (χ0v) is 18.8. The van der Waals surface area contributed by atoms with E-state index < -0.39 is 5.54 Å². The first-order valence-electron chi connectivity index (χ1n) is 11.7. The monoisotopic (exact) mass is 434 g/mol. The number of hydrogen-bond acceptors (Lipinski definition) is 3. The van der Waals surface area contributed by atoms with Gasteiger partial charge in [-0.15, -0.1) is 0 Å². The summed E-state index contributed by atoms with van der Waals surface area (Å²) >= 11 is 0. The number of rotatable bonds is 7. The van der Waals surface area contributed by atoms with Crippen LogP contribution in [0.4, 0.5) is 0 Å². The molecule has 1 aliphatic heterocycles. The first-order chi connectivity index (χ1) is 16.4. The summed E-state index contributed by atoms with van der Waals surface area (Å²) in [5, 5.41) is 3.42. The second kappa shape index (κ2) is 9.99. The molecular weight excluding hydrogens is 404 g/mol. The van der Waals surface area contributed by atoms with Crippen LogP contribution in [0.15, 0.2) is 110 Å². The molecule has 0 spiro atoms. The topological polar surface area (TPSA) is 33.1 Å². The highest BCUT2D eigenvalue weighted by Crippen LogP contribution is 2.41. The molecule has 0 amide bonds. The second-order valence-corrected chi connectivity index (χ2v) is 8.45. The lowest BCUT2D eigenvalue weighted by molar-refractivity contribution is 0.265. The number of nitrogens with one attached hydrogen (secondary N) is 1. The number of benzene rings is 3. The van der Waals surface area contributed by atoms with Crippen molar-refractivity contribution in [2.75, 3.05) is 32.7 Å². The van der Waals surface area contributed by atoms with E-state index in [2.05, 4.69) is 123 Å². The molecule has 1 aliphatic rings. The third-order valence-electron chi connectivity index (χ3n) is 6.46. The molecule has 166 valence electrons. The van der Waals surface area contributed by atoms with Crippen LogP contribution in [0, 0.1) is 0 Å². The summed E-state index contributed by atoms with van der Waals surface area (Å²) in [5.41, 5.74) is 4.17. The summed E-state index contributed by atoms with van der Waals surface area (Å²) in [7, 11) is 0. The molecular formula is C29H30N4. The first-order valence-corrected chi connectivity index (χ1v) is 11.7. The Balaban J connectivity index is 1.66. The molecule has 1 N–H and O–H groups in total. The van der Waals surface area contributed by atoms with Crippen molar-refractivity contribution in [3.05, 3.63) is 132 Å². The van der Waals surface area contributed by atoms with E-state index in [4.69, 9.17) is 0 Å². The Hall–Kier alpha value is -3.47. The van der Waals surface area contributed by atoms with Crippen molar-refractivity contribution in [2.24, 2.45) is 0 Å². The van der Waals surface area contributed by atoms with Gasteiger partial charge in [0, 0.05) is 32.7 Å². The highest BCUT2D eigenvalue weighted by atomic mass is 15.2. The number of aromatic nitrogens is 2. The minimum Gasteiger partial charge on any atom is -0.314 e. The van der Waals surface area contributed by atoms with E-state index in [1.54, 1.807) is 0 Å². The Morgan fingerprint density at radius 3 is 1.79 bits per heavy atom. The quantitative estimate of drug-likeness (QED) is 0.430. The fraction of sp³-hybridized carbons (Fsp3) is 0.207. The van der Waals surface area contributed by atoms with Crippen LogP contribution in [0.25, 0.3) is 6.08 Å². The van der Waals surface area contributed by atoms with Gasteiger partial charge in [-0.3, -0.25) is 4.90 Å². The molecule has 0 atom stereocenters. The van der Waals surface area contributed by atoms with E-state index in [0.717, 1.165) is 38.4 Å². The number of nitrogens with zero attached hydrogens (tertiary/aromatic N) is 3. The Kier molecular flexibility index (Phi) is 6.47. The number of piperazine rings is 1. The van der Waals surface area contributed by atoms with Gasteiger partial charge < -0.3 is 9.88 Å². The largest absolute Gasteiger partial charge is 0.314 e. The maximum atomic E-state index is 4.62. The Bertz CT molecular complexity index is 1060. The van der Waals surface area contributed by atoms with Crippen molar-refractivity contribution < 1.29 is 0 Å². The summed E-state index contributed by atoms with van der Waals surface area (Å²) in [6.45, 7) is 5.24. The van der Waals surface area contributed by atoms with E-state index in [-0.39, 0.29) is 0 Å². The summed E-state index contributed by atoms with van der Waals surface area (Å²) in [6.07, 6.45) is 8.43. The summed E-state index contributed by atoms with van der Waals surface area (Å²) < 4.78 is 2.32. The molecule has 4 heteroatoms. The van der Waals surface area contributed by atoms with Crippen molar-refractivity contribution in [3.8, 4) is 0 Å². The smallest absolute Gasteiger partial charge is 0.122 e. The van der Waals surface area contributed by atoms with Gasteiger partial charge in [0.2, 0.25) is 0 Å². The SMILES string of the molecule is C(=Cc1cncn1C(c1ccccc1)(c1ccccc1)c1ccccc1)CN1CCNCC1. The molecule has 0 radical (unpaired) electrons. The molecule has 0 aliphatic carbocycles. The first kappa shape index (κ1) is 21.4. The molecule has 0 saturated carbocycles. The van der Waals surface area contributed by atoms with Crippen molar-refractivity contribution in [3.63, 3.8) is 0 Å². The van der Waals surface area contributed by atoms with Crippen LogP contribution in [0.2, 0.25) is 0 Å². The van der Waals surface area contributed by atoms with Gasteiger partial charge in [0.1, 0.15) is 5.54 Å². The minimum atomic E-state index is -0.533. The lowest BCUT2D eigenvalue weighted by Crippen LogP contribution is -2.43. The zero-order valence-electron chi connectivity index (χ0n) is 18.8. The molecule has 5 rings (SSSR count). The Morgan fingerprint density at radius 2 is 1.27 bits per heavy atom. The maximum absolute atomic E-state index is 4.62. The average molecular weight is 435 g/mol. The van der Waals surface area contributed by atoms with E-state index in [1.807, 2.05) is 12.5 Å². The maximum Gasteiger partial charge on any atom is 0.122 e. The van der Waals surface area contributed by atoms with Gasteiger partial charge in [0.25, 0.3) is 0 Å². The van der Waals surface area contributed by atoms with E-state index in [0.29, 0.717) is 0 Å². The number of imidazole rings is 1. The van der Waals surface area contributed by atoms with Crippen LogP contribution in [-0.4, -0.2) is 47.2 Å². The van der Waals surface area contributed by atoms with Gasteiger partial charge in [0.15, 0.2) is 0 Å². The third kappa shape index (κ3) is 4.28. The second-order valence-electron chi connectivity index (χ2n) is 8.45. The van der Waals surface area contributed by atoms with Crippen molar-refractivity contribution in [1.82, 2.24) is 19.8 Å². The fourth-order valence-electron chi connectivity index (χ4n) is 4.88. The van der Waals surface area contributed by atoms with Crippen molar-refractivity contribution in [2.45, 2.75) is 5.54 Å². The van der Waals surface area contributed by atoms with Crippen molar-refractivity contribution >= 4 is 6.08 Å². The molecule has 0 bridgehead atoms. The standard InChI is InChI=1S/C29H30N4/c1-4-11-25(12-5-1)29(26-13-6-2-7-14-26,27-15-8-3-9-16-27)33-24-31-23-28(33)17-10-20-32-21-18-30-19-22-32/h1-17,23-24,30H,18-22H2. The Labute approximate surface area is 196 Å². The van der Waals surface area contributed by atoms with Crippen LogP contribution in [0.5, 0.6) is 0 Å². The third-order valence-corrected chi connectivity index (χ3v) is 6.46. The van der Waals surface area contributed by atoms with Gasteiger partial charge in [-0.2, -0.15) is 0 Å². The van der Waals surface area contributed by atoms with Gasteiger partial charge >= 0.3 is 0 Å². The summed E-state index contributed by atoms with van der Waals surface area (Å²) in [4.78, 5) is 7.10. The molecule has 1 aromatic heterocycles. The van der Waals surface area contributed by atoms with Crippen LogP contribution in [-0.2, 0) is 5.54 Å². The molecule has 1 fully saturated rings. The minimum absolute atomic E-state index is 0.533. The van der Waals surface area contributed by atoms with Crippen LogP contribution in [0.3, 0.4) is 0 Å². The summed E-state index contributed by atoms with van der Waals surface area (Å²) in [5.74, 6) is 0. The predicted molar refractivity (Wildman–Crippen MR) is 135 cm³/mol. The molecule has 2 heterocycles. The molecule has 1 saturated heterocycles. The van der Waals surface area contributed by atoms with Gasteiger partial charge in [-0.05, 0) is 22.8 Å². The summed E-state index contributed by atoms with van der Waals surface area (Å²) in [6, 6.07) is 32.2. The molecule has 33 heavy (non-hydrogen) atoms. The van der Waals surface area contributed by atoms with Crippen LogP contribution < -0.4 is 5.32 Å². The van der Waals surface area contributed by atoms with Gasteiger partial charge in [-0.1, -0.05) is 97.1 Å². The highest BCUT2D eigenvalue weighted by molar-refractivity contribution is 5.55. The fourth-order valence-corrected chi connectivity index (χ4v) is 4.88. The normalized spacial score (nSPS) is 15.2. The van der Waals surface area contributed by atoms with Gasteiger partial charge in [0.05, 0.1) is 18.2 Å². The molecule has 0 unspecified atom stereocenters. The van der Waals surface area contributed by atoms with Crippen LogP contribution in [0.1, 0.15) is 22.4 Å². The predicted octanol–water partition coefficient (Wildman–Crippen LogP) is 4.64. The van der Waals surface area contributed by atoms with Crippen LogP contribution >= 0.6 is 0 Å². The molecule has 3 aromatic carbocycles.